The molecule has 2 atom stereocenters. The van der Waals surface area contributed by atoms with Crippen LogP contribution in [0.15, 0.2) is 36.7 Å². The van der Waals surface area contributed by atoms with Crippen LogP contribution in [-0.4, -0.2) is 23.1 Å². The summed E-state index contributed by atoms with van der Waals surface area (Å²) in [5.74, 6) is 0.985. The Hall–Kier alpha value is -1.65. The molecule has 20 heavy (non-hydrogen) atoms. The number of H-pyrrole nitrogens is 1. The summed E-state index contributed by atoms with van der Waals surface area (Å²) >= 11 is 0. The molecular formula is C16H21N3O. The minimum absolute atomic E-state index is 0.147. The fourth-order valence-electron chi connectivity index (χ4n) is 2.89. The van der Waals surface area contributed by atoms with Crippen molar-refractivity contribution >= 4 is 0 Å². The summed E-state index contributed by atoms with van der Waals surface area (Å²) in [5.41, 5.74) is 2.74. The third-order valence-electron chi connectivity index (χ3n) is 3.84. The highest BCUT2D eigenvalue weighted by Crippen LogP contribution is 2.33. The molecule has 0 saturated carbocycles. The first kappa shape index (κ1) is 13.3. The average molecular weight is 271 g/mol. The highest BCUT2D eigenvalue weighted by molar-refractivity contribution is 5.31. The average Bonchev–Trinajstić information content (AvgIpc) is 3.01. The van der Waals surface area contributed by atoms with Crippen LogP contribution in [0.4, 0.5) is 0 Å². The smallest absolute Gasteiger partial charge is 0.123 e. The summed E-state index contributed by atoms with van der Waals surface area (Å²) in [7, 11) is 0. The van der Waals surface area contributed by atoms with Gasteiger partial charge in [-0.2, -0.15) is 0 Å². The van der Waals surface area contributed by atoms with Crippen LogP contribution in [-0.2, 0) is 11.2 Å². The number of nitrogens with zero attached hydrogens (tertiary/aromatic N) is 1. The molecule has 0 amide bonds. The van der Waals surface area contributed by atoms with Gasteiger partial charge >= 0.3 is 0 Å². The van der Waals surface area contributed by atoms with E-state index in [1.54, 1.807) is 6.20 Å². The van der Waals surface area contributed by atoms with Crippen LogP contribution in [0.1, 0.15) is 42.4 Å². The van der Waals surface area contributed by atoms with E-state index in [0.29, 0.717) is 0 Å². The van der Waals surface area contributed by atoms with Crippen molar-refractivity contribution in [2.75, 3.05) is 13.2 Å². The normalized spacial score (nSPS) is 19.6. The second-order valence-electron chi connectivity index (χ2n) is 5.13. The van der Waals surface area contributed by atoms with Crippen molar-refractivity contribution in [1.29, 1.82) is 0 Å². The number of aromatic nitrogens is 2. The lowest BCUT2D eigenvalue weighted by atomic mass is 9.93. The summed E-state index contributed by atoms with van der Waals surface area (Å²) in [6, 6.07) is 8.79. The molecule has 0 saturated heterocycles. The highest BCUT2D eigenvalue weighted by Gasteiger charge is 2.25. The van der Waals surface area contributed by atoms with Crippen molar-refractivity contribution in [3.05, 3.63) is 53.6 Å². The minimum atomic E-state index is 0.147. The minimum Gasteiger partial charge on any atom is -0.373 e. The molecule has 1 aromatic heterocycles. The zero-order valence-corrected chi connectivity index (χ0v) is 11.8. The Bertz CT molecular complexity index is 538. The molecule has 1 aliphatic rings. The quantitative estimate of drug-likeness (QED) is 0.879. The Morgan fingerprint density at radius 3 is 3.15 bits per heavy atom. The molecule has 0 fully saturated rings. The number of ether oxygens (including phenoxy) is 1. The molecule has 0 bridgehead atoms. The van der Waals surface area contributed by atoms with Gasteiger partial charge in [-0.05, 0) is 24.1 Å². The number of rotatable bonds is 5. The topological polar surface area (TPSA) is 49.9 Å². The third-order valence-corrected chi connectivity index (χ3v) is 3.84. The third kappa shape index (κ3) is 2.76. The first-order valence-corrected chi connectivity index (χ1v) is 7.30. The summed E-state index contributed by atoms with van der Waals surface area (Å²) in [5, 5.41) is 3.49. The second-order valence-corrected chi connectivity index (χ2v) is 5.13. The van der Waals surface area contributed by atoms with Crippen LogP contribution < -0.4 is 5.32 Å². The van der Waals surface area contributed by atoms with E-state index in [9.17, 15) is 0 Å². The zero-order valence-electron chi connectivity index (χ0n) is 11.8. The number of fused-ring (bicyclic) bond motifs is 1. The predicted molar refractivity (Wildman–Crippen MR) is 78.5 cm³/mol. The van der Waals surface area contributed by atoms with Crippen LogP contribution in [0.25, 0.3) is 0 Å². The van der Waals surface area contributed by atoms with Crippen LogP contribution in [0.3, 0.4) is 0 Å². The molecule has 0 spiro atoms. The number of hydrogen-bond acceptors (Lipinski definition) is 3. The van der Waals surface area contributed by atoms with Gasteiger partial charge in [0.05, 0.1) is 18.8 Å². The summed E-state index contributed by atoms with van der Waals surface area (Å²) in [4.78, 5) is 7.59. The molecule has 0 radical (unpaired) electrons. The van der Waals surface area contributed by atoms with Gasteiger partial charge in [0.2, 0.25) is 0 Å². The molecule has 2 heterocycles. The van der Waals surface area contributed by atoms with Gasteiger partial charge in [-0.1, -0.05) is 31.2 Å². The number of aromatic amines is 1. The maximum Gasteiger partial charge on any atom is 0.123 e. The van der Waals surface area contributed by atoms with Crippen LogP contribution in [0.2, 0.25) is 0 Å². The van der Waals surface area contributed by atoms with Gasteiger partial charge in [0, 0.05) is 18.8 Å². The Morgan fingerprint density at radius 2 is 2.35 bits per heavy atom. The van der Waals surface area contributed by atoms with Crippen molar-refractivity contribution in [3.8, 4) is 0 Å². The van der Waals surface area contributed by atoms with Crippen LogP contribution >= 0.6 is 0 Å². The molecule has 4 heteroatoms. The van der Waals surface area contributed by atoms with Crippen molar-refractivity contribution in [2.45, 2.75) is 31.9 Å². The largest absolute Gasteiger partial charge is 0.373 e. The fraction of sp³-hybridized carbons (Fsp3) is 0.438. The van der Waals surface area contributed by atoms with Crippen molar-refractivity contribution < 1.29 is 4.74 Å². The second kappa shape index (κ2) is 6.20. The maximum atomic E-state index is 6.00. The van der Waals surface area contributed by atoms with E-state index >= 15 is 0 Å². The van der Waals surface area contributed by atoms with Gasteiger partial charge < -0.3 is 15.0 Å². The molecular weight excluding hydrogens is 250 g/mol. The predicted octanol–water partition coefficient (Wildman–Crippen LogP) is 2.76. The van der Waals surface area contributed by atoms with Crippen molar-refractivity contribution in [2.24, 2.45) is 0 Å². The van der Waals surface area contributed by atoms with Gasteiger partial charge in [-0.3, -0.25) is 0 Å². The Morgan fingerprint density at radius 1 is 1.45 bits per heavy atom. The molecule has 106 valence electrons. The fourth-order valence-corrected chi connectivity index (χ4v) is 2.89. The van der Waals surface area contributed by atoms with Gasteiger partial charge in [-0.25, -0.2) is 4.98 Å². The molecule has 0 aliphatic carbocycles. The molecule has 2 unspecified atom stereocenters. The Labute approximate surface area is 119 Å². The van der Waals surface area contributed by atoms with Crippen LogP contribution in [0, 0.1) is 0 Å². The molecule has 2 aromatic rings. The van der Waals surface area contributed by atoms with Gasteiger partial charge in [0.15, 0.2) is 0 Å². The van der Waals surface area contributed by atoms with E-state index in [1.807, 2.05) is 6.20 Å². The number of benzene rings is 1. The van der Waals surface area contributed by atoms with E-state index < -0.39 is 0 Å². The number of hydrogen-bond donors (Lipinski definition) is 2. The zero-order chi connectivity index (χ0) is 13.8. The summed E-state index contributed by atoms with van der Waals surface area (Å²) in [6.07, 6.45) is 5.73. The number of nitrogens with one attached hydrogen (secondary N) is 2. The summed E-state index contributed by atoms with van der Waals surface area (Å²) in [6.45, 7) is 3.84. The lowest BCUT2D eigenvalue weighted by molar-refractivity contribution is 0.0288. The first-order chi connectivity index (χ1) is 9.88. The molecule has 3 rings (SSSR count). The van der Waals surface area contributed by atoms with Gasteiger partial charge in [0.25, 0.3) is 0 Å². The molecule has 2 N–H and O–H groups in total. The molecule has 1 aromatic carbocycles. The monoisotopic (exact) mass is 271 g/mol. The number of imidazole rings is 1. The Kier molecular flexibility index (Phi) is 4.14. The highest BCUT2D eigenvalue weighted by atomic mass is 16.5. The van der Waals surface area contributed by atoms with E-state index in [0.717, 1.165) is 31.8 Å². The van der Waals surface area contributed by atoms with E-state index in [4.69, 9.17) is 4.74 Å². The Balaban J connectivity index is 1.79. The first-order valence-electron chi connectivity index (χ1n) is 7.30. The van der Waals surface area contributed by atoms with Crippen molar-refractivity contribution in [1.82, 2.24) is 15.3 Å². The standard InChI is InChI=1S/C16H21N3O/c1-2-17-14(16-18-8-9-19-16)11-15-13-6-4-3-5-12(13)7-10-20-15/h3-6,8-9,14-15,17H,2,7,10-11H2,1H3,(H,18,19). The summed E-state index contributed by atoms with van der Waals surface area (Å²) < 4.78 is 6.00. The van der Waals surface area contributed by atoms with Gasteiger partial charge in [0.1, 0.15) is 5.82 Å². The van der Waals surface area contributed by atoms with Crippen molar-refractivity contribution in [3.63, 3.8) is 0 Å². The lowest BCUT2D eigenvalue weighted by Gasteiger charge is -2.29. The maximum absolute atomic E-state index is 6.00. The van der Waals surface area contributed by atoms with Crippen LogP contribution in [0.5, 0.6) is 0 Å². The van der Waals surface area contributed by atoms with E-state index in [1.165, 1.54) is 11.1 Å². The van der Waals surface area contributed by atoms with E-state index in [2.05, 4.69) is 46.5 Å². The lowest BCUT2D eigenvalue weighted by Crippen LogP contribution is -2.27. The van der Waals surface area contributed by atoms with E-state index in [-0.39, 0.29) is 12.1 Å². The molecule has 4 nitrogen and oxygen atoms in total. The van der Waals surface area contributed by atoms with Gasteiger partial charge in [-0.15, -0.1) is 0 Å². The SMILES string of the molecule is CCNC(CC1OCCc2ccccc21)c1ncc[nH]1. The molecule has 1 aliphatic heterocycles.